The third-order valence-electron chi connectivity index (χ3n) is 2.10. The van der Waals surface area contributed by atoms with E-state index in [4.69, 9.17) is 5.11 Å². The second-order valence-electron chi connectivity index (χ2n) is 3.05. The molecule has 0 saturated carbocycles. The van der Waals surface area contributed by atoms with Gasteiger partial charge in [-0.3, -0.25) is 4.79 Å². The summed E-state index contributed by atoms with van der Waals surface area (Å²) in [6, 6.07) is 0. The fourth-order valence-corrected chi connectivity index (χ4v) is 1.34. The van der Waals surface area contributed by atoms with E-state index in [0.29, 0.717) is 0 Å². The molecule has 12 heavy (non-hydrogen) atoms. The summed E-state index contributed by atoms with van der Waals surface area (Å²) in [5, 5.41) is 8.80. The Morgan fingerprint density at radius 3 is 2.08 bits per heavy atom. The highest BCUT2D eigenvalue weighted by molar-refractivity contribution is 5.69. The molecule has 1 rings (SSSR count). The third kappa shape index (κ3) is 2.91. The van der Waals surface area contributed by atoms with Gasteiger partial charge in [0, 0.05) is 0 Å². The van der Waals surface area contributed by atoms with E-state index in [0.717, 1.165) is 25.7 Å². The molecule has 0 fully saturated rings. The third-order valence-corrected chi connectivity index (χ3v) is 2.10. The predicted molar refractivity (Wildman–Crippen MR) is 47.9 cm³/mol. The summed E-state index contributed by atoms with van der Waals surface area (Å²) in [5.74, 6) is -0.809. The van der Waals surface area contributed by atoms with Crippen LogP contribution in [0.2, 0.25) is 0 Å². The molecule has 1 N–H and O–H groups in total. The van der Waals surface area contributed by atoms with Gasteiger partial charge in [0.25, 0.3) is 0 Å². The Bertz CT molecular complexity index is 188. The van der Waals surface area contributed by atoms with Crippen molar-refractivity contribution >= 4 is 5.97 Å². The molecule has 1 unspecified atom stereocenters. The van der Waals surface area contributed by atoms with E-state index in [1.54, 1.807) is 0 Å². The first-order valence-corrected chi connectivity index (χ1v) is 4.35. The van der Waals surface area contributed by atoms with Gasteiger partial charge in [-0.05, 0) is 25.7 Å². The first kappa shape index (κ1) is 9.04. The Balaban J connectivity index is 2.49. The van der Waals surface area contributed by atoms with E-state index in [2.05, 4.69) is 0 Å². The highest BCUT2D eigenvalue weighted by Gasteiger charge is 2.15. The number of hydrogen-bond donors (Lipinski definition) is 1. The molecule has 0 aliphatic heterocycles. The van der Waals surface area contributed by atoms with Crippen molar-refractivity contribution in [3.8, 4) is 0 Å². The molecular formula is C10H14O2. The Morgan fingerprint density at radius 1 is 1.17 bits per heavy atom. The summed E-state index contributed by atoms with van der Waals surface area (Å²) in [7, 11) is 0. The number of allylic oxidation sites excluding steroid dienone is 4. The Kier molecular flexibility index (Phi) is 3.58. The summed E-state index contributed by atoms with van der Waals surface area (Å²) in [6.07, 6.45) is 11.3. The second kappa shape index (κ2) is 4.75. The van der Waals surface area contributed by atoms with Crippen LogP contribution in [0.5, 0.6) is 0 Å². The average molecular weight is 166 g/mol. The van der Waals surface area contributed by atoms with Crippen molar-refractivity contribution in [2.75, 3.05) is 0 Å². The van der Waals surface area contributed by atoms with Crippen molar-refractivity contribution in [3.63, 3.8) is 0 Å². The topological polar surface area (TPSA) is 37.3 Å². The van der Waals surface area contributed by atoms with Gasteiger partial charge < -0.3 is 5.11 Å². The molecule has 2 nitrogen and oxygen atoms in total. The van der Waals surface area contributed by atoms with Crippen molar-refractivity contribution in [1.82, 2.24) is 0 Å². The van der Waals surface area contributed by atoms with Crippen LogP contribution >= 0.6 is 0 Å². The van der Waals surface area contributed by atoms with Crippen LogP contribution < -0.4 is 0 Å². The Morgan fingerprint density at radius 2 is 1.67 bits per heavy atom. The largest absolute Gasteiger partial charge is 0.481 e. The fraction of sp³-hybridized carbons (Fsp3) is 0.500. The van der Waals surface area contributed by atoms with Crippen LogP contribution in [0.15, 0.2) is 24.3 Å². The van der Waals surface area contributed by atoms with Gasteiger partial charge in [0.1, 0.15) is 0 Å². The van der Waals surface area contributed by atoms with Crippen molar-refractivity contribution in [2.45, 2.75) is 25.7 Å². The Hall–Kier alpha value is -1.05. The van der Waals surface area contributed by atoms with Crippen molar-refractivity contribution < 1.29 is 9.90 Å². The molecule has 0 radical (unpaired) electrons. The maximum atomic E-state index is 10.7. The zero-order valence-corrected chi connectivity index (χ0v) is 7.07. The first-order valence-electron chi connectivity index (χ1n) is 4.35. The van der Waals surface area contributed by atoms with Gasteiger partial charge in [-0.15, -0.1) is 0 Å². The summed E-state index contributed by atoms with van der Waals surface area (Å²) < 4.78 is 0. The lowest BCUT2D eigenvalue weighted by Crippen LogP contribution is -2.12. The zero-order chi connectivity index (χ0) is 8.81. The summed E-state index contributed by atoms with van der Waals surface area (Å²) in [5.41, 5.74) is 0. The van der Waals surface area contributed by atoms with E-state index in [9.17, 15) is 4.79 Å². The van der Waals surface area contributed by atoms with Gasteiger partial charge in [-0.1, -0.05) is 24.3 Å². The lowest BCUT2D eigenvalue weighted by molar-refractivity contribution is -0.142. The summed E-state index contributed by atoms with van der Waals surface area (Å²) >= 11 is 0. The molecule has 0 heterocycles. The molecule has 1 aliphatic rings. The molecule has 0 aromatic carbocycles. The molecule has 0 aromatic heterocycles. The number of rotatable bonds is 1. The maximum absolute atomic E-state index is 10.7. The minimum absolute atomic E-state index is 0.155. The molecule has 1 aliphatic carbocycles. The van der Waals surface area contributed by atoms with E-state index >= 15 is 0 Å². The molecule has 2 heteroatoms. The van der Waals surface area contributed by atoms with E-state index in [1.165, 1.54) is 0 Å². The van der Waals surface area contributed by atoms with E-state index in [-0.39, 0.29) is 5.92 Å². The SMILES string of the molecule is O=C(O)C1CC/C=C\C=C\CC1. The van der Waals surface area contributed by atoms with Crippen LogP contribution in [0, 0.1) is 5.92 Å². The highest BCUT2D eigenvalue weighted by atomic mass is 16.4. The minimum Gasteiger partial charge on any atom is -0.481 e. The number of carboxylic acids is 1. The predicted octanol–water partition coefficient (Wildman–Crippen LogP) is 2.37. The lowest BCUT2D eigenvalue weighted by atomic mass is 9.98. The number of aliphatic carboxylic acids is 1. The fourth-order valence-electron chi connectivity index (χ4n) is 1.34. The smallest absolute Gasteiger partial charge is 0.306 e. The molecule has 0 bridgehead atoms. The highest BCUT2D eigenvalue weighted by Crippen LogP contribution is 2.16. The average Bonchev–Trinajstić information content (AvgIpc) is 2.15. The monoisotopic (exact) mass is 166 g/mol. The second-order valence-corrected chi connectivity index (χ2v) is 3.05. The van der Waals surface area contributed by atoms with Gasteiger partial charge in [0.2, 0.25) is 0 Å². The standard InChI is InChI=1S/C10H14O2/c11-10(12)9-7-5-3-1-2-4-6-8-9/h1-4,9H,5-8H2,(H,11,12)/b3-1-,4-2+. The zero-order valence-electron chi connectivity index (χ0n) is 7.07. The maximum Gasteiger partial charge on any atom is 0.306 e. The van der Waals surface area contributed by atoms with Crippen molar-refractivity contribution in [1.29, 1.82) is 0 Å². The Labute approximate surface area is 72.6 Å². The molecule has 0 aromatic rings. The summed E-state index contributed by atoms with van der Waals surface area (Å²) in [6.45, 7) is 0. The van der Waals surface area contributed by atoms with Gasteiger partial charge in [-0.25, -0.2) is 0 Å². The molecule has 0 saturated heterocycles. The lowest BCUT2D eigenvalue weighted by Gasteiger charge is -2.08. The molecule has 1 atom stereocenters. The van der Waals surface area contributed by atoms with Crippen molar-refractivity contribution in [3.05, 3.63) is 24.3 Å². The van der Waals surface area contributed by atoms with Gasteiger partial charge in [-0.2, -0.15) is 0 Å². The molecule has 66 valence electrons. The van der Waals surface area contributed by atoms with Gasteiger partial charge in [0.15, 0.2) is 0 Å². The summed E-state index contributed by atoms with van der Waals surface area (Å²) in [4.78, 5) is 10.7. The first-order chi connectivity index (χ1) is 5.80. The number of hydrogen-bond acceptors (Lipinski definition) is 1. The van der Waals surface area contributed by atoms with E-state index in [1.807, 2.05) is 24.3 Å². The van der Waals surface area contributed by atoms with Crippen LogP contribution in [-0.4, -0.2) is 11.1 Å². The minimum atomic E-state index is -0.654. The van der Waals surface area contributed by atoms with Crippen LogP contribution in [0.4, 0.5) is 0 Å². The van der Waals surface area contributed by atoms with Crippen LogP contribution in [-0.2, 0) is 4.79 Å². The quantitative estimate of drug-likeness (QED) is 0.649. The van der Waals surface area contributed by atoms with Crippen molar-refractivity contribution in [2.24, 2.45) is 5.92 Å². The molecule has 0 amide bonds. The van der Waals surface area contributed by atoms with E-state index < -0.39 is 5.97 Å². The number of carboxylic acid groups (broad SMARTS) is 1. The van der Waals surface area contributed by atoms with Gasteiger partial charge >= 0.3 is 5.97 Å². The van der Waals surface area contributed by atoms with Crippen LogP contribution in [0.1, 0.15) is 25.7 Å². The van der Waals surface area contributed by atoms with Crippen LogP contribution in [0.3, 0.4) is 0 Å². The normalized spacial score (nSPS) is 29.5. The van der Waals surface area contributed by atoms with Gasteiger partial charge in [0.05, 0.1) is 5.92 Å². The van der Waals surface area contributed by atoms with Crippen LogP contribution in [0.25, 0.3) is 0 Å². The molecular weight excluding hydrogens is 152 g/mol. The number of carbonyl (C=O) groups is 1. The molecule has 0 spiro atoms.